The predicted molar refractivity (Wildman–Crippen MR) is 75.8 cm³/mol. The zero-order chi connectivity index (χ0) is 14.5. The summed E-state index contributed by atoms with van der Waals surface area (Å²) in [4.78, 5) is 0. The second-order valence-corrected chi connectivity index (χ2v) is 4.96. The molecule has 5 heteroatoms. The standard InChI is InChI=1S/C15H20FN3O/c1-11(12(2)19-9-5-8-18-19)17-10-15(20)13-6-3-4-7-14(13)16/h3-9,11-12,15,17,20H,10H2,1-2H3/t11-,12-,15-/m0/s1. The molecule has 1 aromatic heterocycles. The van der Waals surface area contributed by atoms with E-state index in [4.69, 9.17) is 0 Å². The van der Waals surface area contributed by atoms with Gasteiger partial charge in [-0.2, -0.15) is 5.10 Å². The molecule has 0 aliphatic carbocycles. The highest BCUT2D eigenvalue weighted by atomic mass is 19.1. The number of rotatable bonds is 6. The molecule has 108 valence electrons. The number of halogens is 1. The lowest BCUT2D eigenvalue weighted by atomic mass is 10.1. The fourth-order valence-electron chi connectivity index (χ4n) is 2.07. The van der Waals surface area contributed by atoms with Crippen LogP contribution in [0.2, 0.25) is 0 Å². The summed E-state index contributed by atoms with van der Waals surface area (Å²) in [5, 5.41) is 17.4. The minimum Gasteiger partial charge on any atom is -0.387 e. The molecule has 1 aromatic carbocycles. The largest absolute Gasteiger partial charge is 0.387 e. The summed E-state index contributed by atoms with van der Waals surface area (Å²) in [5.74, 6) is -0.380. The fraction of sp³-hybridized carbons (Fsp3) is 0.400. The first kappa shape index (κ1) is 14.7. The number of hydrogen-bond donors (Lipinski definition) is 2. The molecular formula is C15H20FN3O. The Balaban J connectivity index is 1.90. The number of hydrogen-bond acceptors (Lipinski definition) is 3. The van der Waals surface area contributed by atoms with Gasteiger partial charge >= 0.3 is 0 Å². The van der Waals surface area contributed by atoms with Gasteiger partial charge in [-0.3, -0.25) is 4.68 Å². The lowest BCUT2D eigenvalue weighted by Gasteiger charge is -2.23. The van der Waals surface area contributed by atoms with E-state index >= 15 is 0 Å². The van der Waals surface area contributed by atoms with Crippen molar-refractivity contribution in [1.29, 1.82) is 0 Å². The smallest absolute Gasteiger partial charge is 0.129 e. The van der Waals surface area contributed by atoms with Gasteiger partial charge in [0.25, 0.3) is 0 Å². The topological polar surface area (TPSA) is 50.1 Å². The van der Waals surface area contributed by atoms with Crippen LogP contribution in [-0.2, 0) is 0 Å². The molecule has 0 amide bonds. The maximum absolute atomic E-state index is 13.5. The van der Waals surface area contributed by atoms with Gasteiger partial charge in [-0.05, 0) is 26.0 Å². The molecule has 0 aliphatic heterocycles. The summed E-state index contributed by atoms with van der Waals surface area (Å²) in [6.45, 7) is 4.36. The molecule has 0 aliphatic rings. The molecule has 0 saturated carbocycles. The van der Waals surface area contributed by atoms with Crippen LogP contribution in [0.5, 0.6) is 0 Å². The third kappa shape index (κ3) is 3.43. The first-order valence-electron chi connectivity index (χ1n) is 6.74. The number of benzene rings is 1. The molecule has 3 atom stereocenters. The van der Waals surface area contributed by atoms with E-state index in [0.717, 1.165) is 0 Å². The SMILES string of the molecule is C[C@H](NC[C@H](O)c1ccccc1F)[C@H](C)n1cccn1. The Kier molecular flexibility index (Phi) is 4.87. The average molecular weight is 277 g/mol. The number of aliphatic hydroxyl groups is 1. The van der Waals surface area contributed by atoms with Gasteiger partial charge in [0.15, 0.2) is 0 Å². The van der Waals surface area contributed by atoms with Crippen molar-refractivity contribution < 1.29 is 9.50 Å². The summed E-state index contributed by atoms with van der Waals surface area (Å²) in [7, 11) is 0. The van der Waals surface area contributed by atoms with Gasteiger partial charge in [0.05, 0.1) is 12.1 Å². The maximum Gasteiger partial charge on any atom is 0.129 e. The van der Waals surface area contributed by atoms with Gasteiger partial charge < -0.3 is 10.4 Å². The molecule has 0 radical (unpaired) electrons. The number of aliphatic hydroxyl groups excluding tert-OH is 1. The first-order chi connectivity index (χ1) is 9.59. The Morgan fingerprint density at radius 3 is 2.70 bits per heavy atom. The maximum atomic E-state index is 13.5. The zero-order valence-electron chi connectivity index (χ0n) is 11.7. The highest BCUT2D eigenvalue weighted by molar-refractivity contribution is 5.20. The normalized spacial score (nSPS) is 15.8. The van der Waals surface area contributed by atoms with E-state index in [2.05, 4.69) is 10.4 Å². The van der Waals surface area contributed by atoms with Gasteiger partial charge in [0.2, 0.25) is 0 Å². The lowest BCUT2D eigenvalue weighted by Crippen LogP contribution is -2.36. The van der Waals surface area contributed by atoms with E-state index in [1.807, 2.05) is 30.8 Å². The predicted octanol–water partition coefficient (Wildman–Crippen LogP) is 2.29. The van der Waals surface area contributed by atoms with E-state index in [-0.39, 0.29) is 17.9 Å². The van der Waals surface area contributed by atoms with Gasteiger partial charge in [-0.25, -0.2) is 4.39 Å². The second kappa shape index (κ2) is 6.63. The molecule has 0 saturated heterocycles. The van der Waals surface area contributed by atoms with E-state index in [1.165, 1.54) is 6.07 Å². The van der Waals surface area contributed by atoms with Crippen LogP contribution in [0.3, 0.4) is 0 Å². The summed E-state index contributed by atoms with van der Waals surface area (Å²) in [5.41, 5.74) is 0.318. The second-order valence-electron chi connectivity index (χ2n) is 4.96. The van der Waals surface area contributed by atoms with Crippen LogP contribution in [-0.4, -0.2) is 27.5 Å². The van der Waals surface area contributed by atoms with Crippen molar-refractivity contribution in [2.75, 3.05) is 6.54 Å². The summed E-state index contributed by atoms with van der Waals surface area (Å²) >= 11 is 0. The van der Waals surface area contributed by atoms with Crippen molar-refractivity contribution in [2.45, 2.75) is 32.0 Å². The van der Waals surface area contributed by atoms with E-state index in [0.29, 0.717) is 12.1 Å². The Morgan fingerprint density at radius 2 is 2.05 bits per heavy atom. The highest BCUT2D eigenvalue weighted by Gasteiger charge is 2.17. The zero-order valence-corrected chi connectivity index (χ0v) is 11.7. The molecule has 20 heavy (non-hydrogen) atoms. The molecule has 4 nitrogen and oxygen atoms in total. The van der Waals surface area contributed by atoms with Gasteiger partial charge in [-0.1, -0.05) is 18.2 Å². The molecule has 1 heterocycles. The van der Waals surface area contributed by atoms with Gasteiger partial charge in [0, 0.05) is 30.5 Å². The fourth-order valence-corrected chi connectivity index (χ4v) is 2.07. The van der Waals surface area contributed by atoms with Gasteiger partial charge in [-0.15, -0.1) is 0 Å². The first-order valence-corrected chi connectivity index (χ1v) is 6.74. The molecule has 0 bridgehead atoms. The summed E-state index contributed by atoms with van der Waals surface area (Å²) < 4.78 is 15.4. The van der Waals surface area contributed by atoms with Crippen molar-refractivity contribution in [3.63, 3.8) is 0 Å². The van der Waals surface area contributed by atoms with Crippen LogP contribution in [0.15, 0.2) is 42.7 Å². The van der Waals surface area contributed by atoms with E-state index < -0.39 is 6.10 Å². The van der Waals surface area contributed by atoms with Crippen molar-refractivity contribution in [2.24, 2.45) is 0 Å². The molecule has 0 fully saturated rings. The van der Waals surface area contributed by atoms with Crippen molar-refractivity contribution >= 4 is 0 Å². The van der Waals surface area contributed by atoms with Crippen LogP contribution in [0.25, 0.3) is 0 Å². The molecular weight excluding hydrogens is 257 g/mol. The summed E-state index contributed by atoms with van der Waals surface area (Å²) in [6, 6.07) is 8.42. The van der Waals surface area contributed by atoms with Crippen LogP contribution >= 0.6 is 0 Å². The molecule has 2 rings (SSSR count). The van der Waals surface area contributed by atoms with Crippen LogP contribution in [0.4, 0.5) is 4.39 Å². The van der Waals surface area contributed by atoms with Gasteiger partial charge in [0.1, 0.15) is 5.82 Å². The Hall–Kier alpha value is -1.72. The van der Waals surface area contributed by atoms with Crippen molar-refractivity contribution in [1.82, 2.24) is 15.1 Å². The third-order valence-corrected chi connectivity index (χ3v) is 3.56. The van der Waals surface area contributed by atoms with E-state index in [9.17, 15) is 9.50 Å². The number of nitrogens with zero attached hydrogens (tertiary/aromatic N) is 2. The molecule has 0 spiro atoms. The lowest BCUT2D eigenvalue weighted by molar-refractivity contribution is 0.161. The quantitative estimate of drug-likeness (QED) is 0.852. The average Bonchev–Trinajstić information content (AvgIpc) is 2.98. The summed E-state index contributed by atoms with van der Waals surface area (Å²) in [6.07, 6.45) is 2.77. The Morgan fingerprint density at radius 1 is 1.30 bits per heavy atom. The Bertz CT molecular complexity index is 530. The number of aromatic nitrogens is 2. The third-order valence-electron chi connectivity index (χ3n) is 3.56. The minimum atomic E-state index is -0.858. The molecule has 2 N–H and O–H groups in total. The number of nitrogens with one attached hydrogen (secondary N) is 1. The van der Waals surface area contributed by atoms with E-state index in [1.54, 1.807) is 24.4 Å². The minimum absolute atomic E-state index is 0.108. The monoisotopic (exact) mass is 277 g/mol. The van der Waals surface area contributed by atoms with Crippen LogP contribution in [0.1, 0.15) is 31.6 Å². The van der Waals surface area contributed by atoms with Crippen molar-refractivity contribution in [3.05, 3.63) is 54.1 Å². The Labute approximate surface area is 118 Å². The van der Waals surface area contributed by atoms with Crippen LogP contribution < -0.4 is 5.32 Å². The highest BCUT2D eigenvalue weighted by Crippen LogP contribution is 2.17. The van der Waals surface area contributed by atoms with Crippen LogP contribution in [0, 0.1) is 5.82 Å². The van der Waals surface area contributed by atoms with Crippen molar-refractivity contribution in [3.8, 4) is 0 Å². The molecule has 2 aromatic rings. The molecule has 0 unspecified atom stereocenters.